The number of piperidine rings is 1. The molecule has 0 bridgehead atoms. The van der Waals surface area contributed by atoms with Crippen molar-refractivity contribution in [3.8, 4) is 0 Å². The van der Waals surface area contributed by atoms with Crippen LogP contribution in [0.5, 0.6) is 0 Å². The first-order chi connectivity index (χ1) is 18.5. The van der Waals surface area contributed by atoms with Crippen LogP contribution in [0.4, 0.5) is 15.3 Å². The molecule has 0 radical (unpaired) electrons. The number of nitrogens with two attached hydrogens (primary N) is 1. The Morgan fingerprint density at radius 3 is 2.33 bits per heavy atom. The molecule has 2 aliphatic heterocycles. The first kappa shape index (κ1) is 29.0. The predicted molar refractivity (Wildman–Crippen MR) is 152 cm³/mol. The molecular formula is C28H33ClN6O5. The second kappa shape index (κ2) is 10.9. The highest BCUT2D eigenvalue weighted by Gasteiger charge is 2.58. The van der Waals surface area contributed by atoms with Gasteiger partial charge in [0.1, 0.15) is 5.54 Å². The van der Waals surface area contributed by atoms with E-state index in [9.17, 15) is 24.3 Å². The number of hydrogen-bond acceptors (Lipinski definition) is 6. The number of carbonyl (C=O) groups excluding carboxylic acids is 3. The Kier molecular flexibility index (Phi) is 7.91. The lowest BCUT2D eigenvalue weighted by Crippen LogP contribution is -2.59. The highest BCUT2D eigenvalue weighted by atomic mass is 35.5. The summed E-state index contributed by atoms with van der Waals surface area (Å²) >= 11 is 0. The summed E-state index contributed by atoms with van der Waals surface area (Å²) in [4.78, 5) is 56.0. The monoisotopic (exact) mass is 568 g/mol. The van der Waals surface area contributed by atoms with Crippen LogP contribution < -0.4 is 10.6 Å². The number of carbonyl (C=O) groups is 4. The molecule has 12 heteroatoms. The Labute approximate surface area is 237 Å². The quantitative estimate of drug-likeness (QED) is 0.450. The van der Waals surface area contributed by atoms with E-state index in [4.69, 9.17) is 5.73 Å². The lowest BCUT2D eigenvalue weighted by atomic mass is 9.85. The van der Waals surface area contributed by atoms with Gasteiger partial charge < -0.3 is 15.7 Å². The maximum atomic E-state index is 13.5. The molecule has 0 aliphatic carbocycles. The van der Waals surface area contributed by atoms with E-state index in [0.717, 1.165) is 15.1 Å². The van der Waals surface area contributed by atoms with E-state index in [2.05, 4.69) is 5.10 Å². The van der Waals surface area contributed by atoms with Crippen molar-refractivity contribution < 1.29 is 24.3 Å². The van der Waals surface area contributed by atoms with Crippen molar-refractivity contribution in [2.75, 3.05) is 25.0 Å². The van der Waals surface area contributed by atoms with Crippen LogP contribution in [0.3, 0.4) is 0 Å². The summed E-state index contributed by atoms with van der Waals surface area (Å²) in [7, 11) is 1.46. The first-order valence-corrected chi connectivity index (χ1v) is 13.0. The summed E-state index contributed by atoms with van der Waals surface area (Å²) in [5.41, 5.74) is 7.31. The number of urea groups is 1. The lowest BCUT2D eigenvalue weighted by Gasteiger charge is -2.42. The molecule has 3 heterocycles. The fraction of sp³-hybridized carbons (Fsp3) is 0.393. The van der Waals surface area contributed by atoms with Gasteiger partial charge in [0.05, 0.1) is 17.3 Å². The van der Waals surface area contributed by atoms with Crippen LogP contribution in [0.15, 0.2) is 48.5 Å². The van der Waals surface area contributed by atoms with E-state index in [1.54, 1.807) is 23.1 Å². The van der Waals surface area contributed by atoms with Gasteiger partial charge in [-0.1, -0.05) is 44.2 Å². The largest absolute Gasteiger partial charge is 0.463 e. The molecule has 4 amide bonds. The van der Waals surface area contributed by atoms with Crippen molar-refractivity contribution in [3.05, 3.63) is 59.8 Å². The smallest absolute Gasteiger partial charge is 0.432 e. The maximum Gasteiger partial charge on any atom is 0.432 e. The molecule has 0 unspecified atom stereocenters. The number of benzene rings is 2. The minimum Gasteiger partial charge on any atom is -0.463 e. The first-order valence-electron chi connectivity index (χ1n) is 13.0. The van der Waals surface area contributed by atoms with Crippen LogP contribution >= 0.6 is 12.4 Å². The molecule has 2 aliphatic rings. The van der Waals surface area contributed by atoms with Gasteiger partial charge in [0.2, 0.25) is 5.91 Å². The zero-order valence-electron chi connectivity index (χ0n) is 22.6. The molecule has 5 rings (SSSR count). The second-order valence-electron chi connectivity index (χ2n) is 10.6. The molecule has 2 fully saturated rings. The zero-order chi connectivity index (χ0) is 28.1. The fourth-order valence-corrected chi connectivity index (χ4v) is 5.59. The number of hydrogen-bond donors (Lipinski definition) is 2. The van der Waals surface area contributed by atoms with Crippen LogP contribution in [0.1, 0.15) is 37.9 Å². The van der Waals surface area contributed by atoms with E-state index in [-0.39, 0.29) is 43.0 Å². The number of nitrogens with zero attached hydrogens (tertiary/aromatic N) is 5. The van der Waals surface area contributed by atoms with Gasteiger partial charge in [0.25, 0.3) is 5.91 Å². The molecule has 3 aromatic rings. The third-order valence-electron chi connectivity index (χ3n) is 7.91. The average molecular weight is 569 g/mol. The van der Waals surface area contributed by atoms with Crippen LogP contribution in [0.2, 0.25) is 0 Å². The fourth-order valence-electron chi connectivity index (χ4n) is 5.59. The van der Waals surface area contributed by atoms with Crippen LogP contribution in [0.25, 0.3) is 10.9 Å². The minimum atomic E-state index is -1.22. The van der Waals surface area contributed by atoms with Gasteiger partial charge in [-0.15, -0.1) is 12.4 Å². The molecule has 1 aromatic heterocycles. The highest BCUT2D eigenvalue weighted by Crippen LogP contribution is 2.41. The number of rotatable bonds is 5. The van der Waals surface area contributed by atoms with E-state index in [1.165, 1.54) is 11.9 Å². The van der Waals surface area contributed by atoms with E-state index in [1.807, 2.05) is 44.2 Å². The summed E-state index contributed by atoms with van der Waals surface area (Å²) in [5.74, 6) is -0.502. The molecule has 2 aromatic carbocycles. The van der Waals surface area contributed by atoms with E-state index in [0.29, 0.717) is 41.8 Å². The number of likely N-dealkylation sites (tertiary alicyclic amines) is 1. The molecule has 2 saturated heterocycles. The van der Waals surface area contributed by atoms with Gasteiger partial charge in [-0.25, -0.2) is 9.59 Å². The van der Waals surface area contributed by atoms with Gasteiger partial charge in [-0.2, -0.15) is 9.78 Å². The highest BCUT2D eigenvalue weighted by molar-refractivity contribution is 6.17. The number of aromatic nitrogens is 2. The SMILES string of the molecule is CC(C)[C@@H](N)C(=O)N1CCC2(CC1)C(=O)N(C)C(=O)N2c1ccc2c(c1)c(Cc1ccccc1)nn2C(=O)O.Cl. The van der Waals surface area contributed by atoms with Gasteiger partial charge in [-0.05, 0) is 42.5 Å². The average Bonchev–Trinajstić information content (AvgIpc) is 3.37. The number of amides is 4. The summed E-state index contributed by atoms with van der Waals surface area (Å²) in [6, 6.07) is 13.5. The Morgan fingerprint density at radius 1 is 1.07 bits per heavy atom. The third-order valence-corrected chi connectivity index (χ3v) is 7.91. The molecule has 0 saturated carbocycles. The number of fused-ring (bicyclic) bond motifs is 1. The molecule has 11 nitrogen and oxygen atoms in total. The molecule has 212 valence electrons. The Hall–Kier alpha value is -3.96. The lowest BCUT2D eigenvalue weighted by molar-refractivity contribution is -0.139. The number of anilines is 1. The summed E-state index contributed by atoms with van der Waals surface area (Å²) < 4.78 is 0.929. The number of likely N-dealkylation sites (N-methyl/N-ethyl adjacent to an activating group) is 1. The molecule has 1 spiro atoms. The number of halogens is 1. The normalized spacial score (nSPS) is 17.6. The molecule has 1 atom stereocenters. The van der Waals surface area contributed by atoms with Crippen molar-refractivity contribution >= 4 is 52.9 Å². The predicted octanol–water partition coefficient (Wildman–Crippen LogP) is 3.32. The van der Waals surface area contributed by atoms with Crippen LogP contribution in [-0.2, 0) is 16.0 Å². The van der Waals surface area contributed by atoms with Crippen molar-refractivity contribution in [1.29, 1.82) is 0 Å². The summed E-state index contributed by atoms with van der Waals surface area (Å²) in [5, 5.41) is 14.7. The Balaban J connectivity index is 0.00000370. The molecule has 40 heavy (non-hydrogen) atoms. The minimum absolute atomic E-state index is 0. The van der Waals surface area contributed by atoms with Gasteiger partial charge in [0, 0.05) is 37.6 Å². The van der Waals surface area contributed by atoms with Crippen molar-refractivity contribution in [2.24, 2.45) is 11.7 Å². The number of imide groups is 1. The van der Waals surface area contributed by atoms with Crippen molar-refractivity contribution in [2.45, 2.75) is 44.7 Å². The van der Waals surface area contributed by atoms with Gasteiger partial charge in [-0.3, -0.25) is 19.4 Å². The van der Waals surface area contributed by atoms with Crippen molar-refractivity contribution in [3.63, 3.8) is 0 Å². The van der Waals surface area contributed by atoms with Gasteiger partial charge in [0.15, 0.2) is 0 Å². The van der Waals surface area contributed by atoms with E-state index >= 15 is 0 Å². The van der Waals surface area contributed by atoms with E-state index < -0.39 is 23.7 Å². The Morgan fingerprint density at radius 2 is 1.73 bits per heavy atom. The van der Waals surface area contributed by atoms with Gasteiger partial charge >= 0.3 is 12.1 Å². The summed E-state index contributed by atoms with van der Waals surface area (Å²) in [6.45, 7) is 4.36. The number of carboxylic acid groups (broad SMARTS) is 1. The zero-order valence-corrected chi connectivity index (χ0v) is 23.4. The maximum absolute atomic E-state index is 13.5. The second-order valence-corrected chi connectivity index (χ2v) is 10.6. The topological polar surface area (TPSA) is 142 Å². The Bertz CT molecular complexity index is 1460. The van der Waals surface area contributed by atoms with Crippen molar-refractivity contribution in [1.82, 2.24) is 19.6 Å². The van der Waals surface area contributed by atoms with Crippen LogP contribution in [-0.4, -0.2) is 80.3 Å². The third kappa shape index (κ3) is 4.69. The van der Waals surface area contributed by atoms with Crippen LogP contribution in [0, 0.1) is 5.92 Å². The molecule has 3 N–H and O–H groups in total. The standard InChI is InChI=1S/C28H32N6O5.ClH/c1-17(2)23(29)24(35)32-13-11-28(12-14-32)25(36)31(3)26(37)33(28)19-9-10-22-20(16-19)21(30-34(22)27(38)39)15-18-7-5-4-6-8-18;/h4-10,16-17,23H,11-15,29H2,1-3H3,(H,38,39);1H/t23-;/m1./s1. The molecular weight excluding hydrogens is 536 g/mol. The summed E-state index contributed by atoms with van der Waals surface area (Å²) in [6.07, 6.45) is -0.289.